The zero-order valence-electron chi connectivity index (χ0n) is 42.2. The third-order valence-electron chi connectivity index (χ3n) is 12.3. The SMILES string of the molecule is CC/C=C/C=C/C=C\C=C/C=C/CCCCC(O)C(=O)NC(COC1OC(CO)C(O)C(O)C1OC(=O)CCCCCCCCCCCCC)C(O)/C=C/CCCCCCCCCCCCC. The first-order valence-corrected chi connectivity index (χ1v) is 26.8. The molecule has 0 bridgehead atoms. The molecule has 386 valence electrons. The zero-order valence-corrected chi connectivity index (χ0v) is 42.2. The number of nitrogens with one attached hydrogen (secondary N) is 1. The van der Waals surface area contributed by atoms with Crippen LogP contribution in [0.2, 0.25) is 0 Å². The van der Waals surface area contributed by atoms with E-state index in [1.54, 1.807) is 6.08 Å². The minimum absolute atomic E-state index is 0.117. The summed E-state index contributed by atoms with van der Waals surface area (Å²) < 4.78 is 17.5. The molecule has 67 heavy (non-hydrogen) atoms. The highest BCUT2D eigenvalue weighted by Gasteiger charge is 2.47. The number of carbonyl (C=O) groups excluding carboxylic acids is 2. The second-order valence-corrected chi connectivity index (χ2v) is 18.4. The number of hydrogen-bond acceptors (Lipinski definition) is 10. The molecule has 11 nitrogen and oxygen atoms in total. The Bertz CT molecular complexity index is 1360. The maximum atomic E-state index is 13.3. The van der Waals surface area contributed by atoms with Gasteiger partial charge in [-0.1, -0.05) is 229 Å². The van der Waals surface area contributed by atoms with E-state index in [9.17, 15) is 35.1 Å². The minimum Gasteiger partial charge on any atom is -0.454 e. The number of hydrogen-bond donors (Lipinski definition) is 6. The first-order valence-electron chi connectivity index (χ1n) is 26.8. The maximum Gasteiger partial charge on any atom is 0.306 e. The number of unbranched alkanes of at least 4 members (excludes halogenated alkanes) is 23. The summed E-state index contributed by atoms with van der Waals surface area (Å²) >= 11 is 0. The van der Waals surface area contributed by atoms with Crippen molar-refractivity contribution in [3.8, 4) is 0 Å². The molecular formula is C56H97NO10. The molecule has 8 unspecified atom stereocenters. The summed E-state index contributed by atoms with van der Waals surface area (Å²) in [5.74, 6) is -1.24. The number of rotatable bonds is 43. The Balaban J connectivity index is 2.83. The Morgan fingerprint density at radius 3 is 1.61 bits per heavy atom. The van der Waals surface area contributed by atoms with E-state index in [2.05, 4.69) is 32.2 Å². The Labute approximate surface area is 407 Å². The fourth-order valence-electron chi connectivity index (χ4n) is 7.96. The molecule has 0 aromatic carbocycles. The molecule has 0 aromatic heterocycles. The number of allylic oxidation sites excluding steroid dienone is 11. The fraction of sp³-hybridized carbons (Fsp3) is 0.750. The molecule has 0 spiro atoms. The molecule has 1 aliphatic heterocycles. The average molecular weight is 944 g/mol. The summed E-state index contributed by atoms with van der Waals surface area (Å²) in [5, 5.41) is 56.6. The fourth-order valence-corrected chi connectivity index (χ4v) is 7.96. The predicted molar refractivity (Wildman–Crippen MR) is 273 cm³/mol. The van der Waals surface area contributed by atoms with E-state index in [0.29, 0.717) is 12.8 Å². The molecule has 8 atom stereocenters. The van der Waals surface area contributed by atoms with Gasteiger partial charge in [0.25, 0.3) is 0 Å². The lowest BCUT2D eigenvalue weighted by atomic mass is 9.99. The van der Waals surface area contributed by atoms with Crippen LogP contribution in [0.4, 0.5) is 0 Å². The van der Waals surface area contributed by atoms with E-state index in [1.165, 1.54) is 96.3 Å². The second-order valence-electron chi connectivity index (χ2n) is 18.4. The van der Waals surface area contributed by atoms with Crippen molar-refractivity contribution >= 4 is 11.9 Å². The Morgan fingerprint density at radius 2 is 1.07 bits per heavy atom. The van der Waals surface area contributed by atoms with Crippen LogP contribution in [0.5, 0.6) is 0 Å². The van der Waals surface area contributed by atoms with E-state index in [4.69, 9.17) is 14.2 Å². The molecule has 0 aromatic rings. The molecule has 6 N–H and O–H groups in total. The molecule has 0 saturated carbocycles. The molecule has 1 heterocycles. The topological polar surface area (TPSA) is 175 Å². The van der Waals surface area contributed by atoms with Gasteiger partial charge in [0.2, 0.25) is 5.91 Å². The van der Waals surface area contributed by atoms with Crippen molar-refractivity contribution in [2.24, 2.45) is 0 Å². The summed E-state index contributed by atoms with van der Waals surface area (Å²) in [4.78, 5) is 26.3. The van der Waals surface area contributed by atoms with Crippen molar-refractivity contribution in [2.75, 3.05) is 13.2 Å². The van der Waals surface area contributed by atoms with Crippen LogP contribution in [0.15, 0.2) is 72.9 Å². The quantitative estimate of drug-likeness (QED) is 0.0149. The standard InChI is InChI=1S/C56H97NO10/c1-4-7-10-13-16-19-22-24-26-29-31-34-37-40-43-49(60)55(64)57-47(48(59)42-39-36-33-30-28-25-23-20-17-14-11-8-5-2)46-65-56-54(53(63)52(62)50(45-58)66-56)67-51(61)44-41-38-35-32-27-21-18-15-12-9-6-3/h7,10,13,16,19,22,24,26,29,31,39,42,47-50,52-54,56,58-60,62-63H,4-6,8-9,11-12,14-15,17-18,20-21,23,25,27-28,30,32-38,40-41,43-46H2,1-3H3,(H,57,64)/b10-7+,16-13+,22-19-,26-24-,31-29+,42-39+. The summed E-state index contributed by atoms with van der Waals surface area (Å²) in [5.41, 5.74) is 0. The zero-order chi connectivity index (χ0) is 49.0. The van der Waals surface area contributed by atoms with Crippen molar-refractivity contribution in [1.29, 1.82) is 0 Å². The van der Waals surface area contributed by atoms with Crippen LogP contribution >= 0.6 is 0 Å². The highest BCUT2D eigenvalue weighted by Crippen LogP contribution is 2.26. The third kappa shape index (κ3) is 33.3. The lowest BCUT2D eigenvalue weighted by molar-refractivity contribution is -0.305. The Morgan fingerprint density at radius 1 is 0.597 bits per heavy atom. The number of amides is 1. The molecule has 1 amide bonds. The smallest absolute Gasteiger partial charge is 0.306 e. The van der Waals surface area contributed by atoms with Crippen LogP contribution in [-0.4, -0.2) is 99.6 Å². The molecule has 11 heteroatoms. The van der Waals surface area contributed by atoms with E-state index in [-0.39, 0.29) is 19.4 Å². The molecule has 1 aliphatic rings. The summed E-state index contributed by atoms with van der Waals surface area (Å²) in [6.45, 7) is 5.57. The van der Waals surface area contributed by atoms with E-state index < -0.39 is 67.4 Å². The van der Waals surface area contributed by atoms with Crippen molar-refractivity contribution in [1.82, 2.24) is 5.32 Å². The van der Waals surface area contributed by atoms with Crippen LogP contribution in [-0.2, 0) is 23.8 Å². The molecule has 1 rings (SSSR count). The number of carbonyl (C=O) groups is 2. The van der Waals surface area contributed by atoms with Crippen molar-refractivity contribution in [3.63, 3.8) is 0 Å². The van der Waals surface area contributed by atoms with Crippen LogP contribution in [0, 0.1) is 0 Å². The van der Waals surface area contributed by atoms with Gasteiger partial charge in [-0.05, 0) is 44.9 Å². The van der Waals surface area contributed by atoms with Crippen LogP contribution in [0.25, 0.3) is 0 Å². The first-order chi connectivity index (χ1) is 32.7. The maximum absolute atomic E-state index is 13.3. The predicted octanol–water partition coefficient (Wildman–Crippen LogP) is 11.3. The monoisotopic (exact) mass is 944 g/mol. The van der Waals surface area contributed by atoms with Crippen LogP contribution < -0.4 is 5.32 Å². The number of aliphatic hydroxyl groups is 5. The van der Waals surface area contributed by atoms with E-state index in [0.717, 1.165) is 64.2 Å². The van der Waals surface area contributed by atoms with Gasteiger partial charge in [-0.25, -0.2) is 0 Å². The van der Waals surface area contributed by atoms with Gasteiger partial charge < -0.3 is 45.1 Å². The molecule has 1 saturated heterocycles. The van der Waals surface area contributed by atoms with Crippen molar-refractivity contribution < 1.29 is 49.3 Å². The molecule has 0 aliphatic carbocycles. The summed E-state index contributed by atoms with van der Waals surface area (Å²) in [7, 11) is 0. The third-order valence-corrected chi connectivity index (χ3v) is 12.3. The Hall–Kier alpha value is -2.90. The Kier molecular flexibility index (Phi) is 41.1. The lowest BCUT2D eigenvalue weighted by Crippen LogP contribution is -2.61. The molecular weight excluding hydrogens is 847 g/mol. The molecule has 0 radical (unpaired) electrons. The highest BCUT2D eigenvalue weighted by molar-refractivity contribution is 5.80. The molecule has 1 fully saturated rings. The minimum atomic E-state index is -1.62. The summed E-state index contributed by atoms with van der Waals surface area (Å²) in [6.07, 6.45) is 43.8. The van der Waals surface area contributed by atoms with E-state index >= 15 is 0 Å². The van der Waals surface area contributed by atoms with Gasteiger partial charge in [0.15, 0.2) is 12.4 Å². The van der Waals surface area contributed by atoms with Crippen molar-refractivity contribution in [3.05, 3.63) is 72.9 Å². The van der Waals surface area contributed by atoms with Gasteiger partial charge in [-0.3, -0.25) is 9.59 Å². The lowest BCUT2D eigenvalue weighted by Gasteiger charge is -2.41. The number of aliphatic hydroxyl groups excluding tert-OH is 5. The number of esters is 1. The van der Waals surface area contributed by atoms with Crippen molar-refractivity contribution in [2.45, 2.75) is 256 Å². The first kappa shape index (κ1) is 62.1. The van der Waals surface area contributed by atoms with Gasteiger partial charge in [-0.15, -0.1) is 0 Å². The van der Waals surface area contributed by atoms with Gasteiger partial charge in [-0.2, -0.15) is 0 Å². The van der Waals surface area contributed by atoms with Crippen LogP contribution in [0.1, 0.15) is 207 Å². The average Bonchev–Trinajstić information content (AvgIpc) is 3.32. The summed E-state index contributed by atoms with van der Waals surface area (Å²) in [6, 6.07) is -1.05. The van der Waals surface area contributed by atoms with Gasteiger partial charge >= 0.3 is 5.97 Å². The van der Waals surface area contributed by atoms with E-state index in [1.807, 2.05) is 60.8 Å². The van der Waals surface area contributed by atoms with Gasteiger partial charge in [0, 0.05) is 6.42 Å². The highest BCUT2D eigenvalue weighted by atomic mass is 16.7. The second kappa shape index (κ2) is 44.3. The van der Waals surface area contributed by atoms with Crippen LogP contribution in [0.3, 0.4) is 0 Å². The van der Waals surface area contributed by atoms with Gasteiger partial charge in [0.1, 0.15) is 24.4 Å². The largest absolute Gasteiger partial charge is 0.454 e. The van der Waals surface area contributed by atoms with Gasteiger partial charge in [0.05, 0.1) is 25.4 Å². The number of ether oxygens (including phenoxy) is 3. The normalized spacial score (nSPS) is 20.6.